The number of aliphatic hydroxyl groups excluding tert-OH is 2. The number of carbonyl (C=O) groups is 2. The quantitative estimate of drug-likeness (QED) is 0.0321. The van der Waals surface area contributed by atoms with Crippen molar-refractivity contribution in [2.45, 2.75) is 322 Å². The van der Waals surface area contributed by atoms with E-state index in [1.54, 1.807) is 0 Å². The molecule has 3 atom stereocenters. The average molecular weight is 889 g/mol. The molecule has 3 N–H and O–H groups in total. The first-order valence-electron chi connectivity index (χ1n) is 28.1. The smallest absolute Gasteiger partial charge is 0.306 e. The molecule has 0 radical (unpaired) electrons. The molecule has 0 aliphatic heterocycles. The van der Waals surface area contributed by atoms with Gasteiger partial charge in [-0.15, -0.1) is 0 Å². The fourth-order valence-electron chi connectivity index (χ4n) is 8.78. The second kappa shape index (κ2) is 51.3. The van der Waals surface area contributed by atoms with Crippen molar-refractivity contribution in [1.29, 1.82) is 0 Å². The number of unbranched alkanes of at least 4 members (excludes halogenated alkanes) is 36. The maximum absolute atomic E-state index is 13.2. The Morgan fingerprint density at radius 1 is 0.460 bits per heavy atom. The molecule has 1 amide bonds. The Labute approximate surface area is 392 Å². The number of hydrogen-bond acceptors (Lipinski definition) is 5. The molecule has 3 unspecified atom stereocenters. The van der Waals surface area contributed by atoms with Crippen LogP contribution in [0.5, 0.6) is 0 Å². The van der Waals surface area contributed by atoms with E-state index in [1.807, 2.05) is 0 Å². The van der Waals surface area contributed by atoms with E-state index in [-0.39, 0.29) is 24.9 Å². The first-order valence-corrected chi connectivity index (χ1v) is 28.1. The lowest BCUT2D eigenvalue weighted by atomic mass is 10.0. The zero-order chi connectivity index (χ0) is 45.9. The molecule has 6 heteroatoms. The fourth-order valence-corrected chi connectivity index (χ4v) is 8.78. The molecule has 0 aliphatic carbocycles. The van der Waals surface area contributed by atoms with E-state index in [1.165, 1.54) is 199 Å². The van der Waals surface area contributed by atoms with Gasteiger partial charge in [-0.2, -0.15) is 0 Å². The van der Waals surface area contributed by atoms with Crippen molar-refractivity contribution in [2.24, 2.45) is 0 Å². The van der Waals surface area contributed by atoms with Crippen LogP contribution in [0.3, 0.4) is 0 Å². The van der Waals surface area contributed by atoms with Crippen molar-refractivity contribution in [3.63, 3.8) is 0 Å². The molecular weight excluding hydrogens is 779 g/mol. The second-order valence-electron chi connectivity index (χ2n) is 19.4. The van der Waals surface area contributed by atoms with Gasteiger partial charge < -0.3 is 20.3 Å². The summed E-state index contributed by atoms with van der Waals surface area (Å²) in [5, 5.41) is 23.8. The van der Waals surface area contributed by atoms with E-state index < -0.39 is 18.2 Å². The van der Waals surface area contributed by atoms with Crippen molar-refractivity contribution >= 4 is 11.9 Å². The number of ether oxygens (including phenoxy) is 1. The van der Waals surface area contributed by atoms with Crippen LogP contribution in [0.25, 0.3) is 0 Å². The van der Waals surface area contributed by atoms with Gasteiger partial charge in [-0.25, -0.2) is 0 Å². The number of carbonyl (C=O) groups excluding carboxylic acids is 2. The van der Waals surface area contributed by atoms with Gasteiger partial charge >= 0.3 is 5.97 Å². The molecule has 0 aromatic carbocycles. The maximum atomic E-state index is 13.2. The summed E-state index contributed by atoms with van der Waals surface area (Å²) in [5.41, 5.74) is 0. The van der Waals surface area contributed by atoms with Gasteiger partial charge in [0.1, 0.15) is 6.10 Å². The Balaban J connectivity index is 4.57. The first kappa shape index (κ1) is 61.3. The molecule has 0 saturated carbocycles. The van der Waals surface area contributed by atoms with Gasteiger partial charge in [0.05, 0.1) is 25.2 Å². The van der Waals surface area contributed by atoms with Crippen LogP contribution in [0, 0.1) is 0 Å². The zero-order valence-corrected chi connectivity index (χ0v) is 42.5. The highest BCUT2D eigenvalue weighted by Crippen LogP contribution is 2.18. The number of amides is 1. The molecule has 0 rings (SSSR count). The molecule has 372 valence electrons. The second-order valence-corrected chi connectivity index (χ2v) is 19.4. The van der Waals surface area contributed by atoms with Crippen LogP contribution in [0.15, 0.2) is 24.3 Å². The third kappa shape index (κ3) is 46.7. The van der Waals surface area contributed by atoms with Gasteiger partial charge in [-0.05, 0) is 44.9 Å². The Bertz CT molecular complexity index is 997. The summed E-state index contributed by atoms with van der Waals surface area (Å²) in [6.07, 6.45) is 59.6. The molecule has 0 aromatic rings. The van der Waals surface area contributed by atoms with E-state index >= 15 is 0 Å². The third-order valence-electron chi connectivity index (χ3n) is 13.1. The molecule has 0 bridgehead atoms. The summed E-state index contributed by atoms with van der Waals surface area (Å²) < 4.78 is 5.93. The zero-order valence-electron chi connectivity index (χ0n) is 42.5. The van der Waals surface area contributed by atoms with E-state index in [9.17, 15) is 19.8 Å². The molecule has 0 aromatic heterocycles. The minimum atomic E-state index is -0.795. The normalized spacial score (nSPS) is 13.3. The van der Waals surface area contributed by atoms with Crippen LogP contribution in [-0.4, -0.2) is 46.9 Å². The highest BCUT2D eigenvalue weighted by molar-refractivity contribution is 5.77. The highest BCUT2D eigenvalue weighted by atomic mass is 16.5. The Hall–Kier alpha value is -1.66. The molecule has 0 heterocycles. The third-order valence-corrected chi connectivity index (χ3v) is 13.1. The first-order chi connectivity index (χ1) is 31.0. The van der Waals surface area contributed by atoms with Crippen LogP contribution in [0.4, 0.5) is 0 Å². The molecule has 63 heavy (non-hydrogen) atoms. The van der Waals surface area contributed by atoms with E-state index in [0.29, 0.717) is 19.3 Å². The summed E-state index contributed by atoms with van der Waals surface area (Å²) in [4.78, 5) is 26.2. The molecular formula is C57H109NO5. The lowest BCUT2D eigenvalue weighted by Crippen LogP contribution is -2.46. The predicted molar refractivity (Wildman–Crippen MR) is 273 cm³/mol. The number of hydrogen-bond donors (Lipinski definition) is 3. The van der Waals surface area contributed by atoms with Crippen molar-refractivity contribution in [3.05, 3.63) is 24.3 Å². The summed E-state index contributed by atoms with van der Waals surface area (Å²) in [7, 11) is 0. The molecule has 0 spiro atoms. The van der Waals surface area contributed by atoms with Gasteiger partial charge in [0.15, 0.2) is 0 Å². The van der Waals surface area contributed by atoms with Crippen LogP contribution < -0.4 is 5.32 Å². The van der Waals surface area contributed by atoms with E-state index in [0.717, 1.165) is 57.8 Å². The number of nitrogens with one attached hydrogen (secondary N) is 1. The van der Waals surface area contributed by atoms with Gasteiger partial charge in [-0.3, -0.25) is 9.59 Å². The Kier molecular flexibility index (Phi) is 50.0. The van der Waals surface area contributed by atoms with E-state index in [2.05, 4.69) is 50.4 Å². The standard InChI is InChI=1S/C57H109NO5/c1-4-7-10-13-16-19-22-25-28-29-32-35-38-41-44-47-50-57(62)63-53(48-45-42-39-36-33-30-26-23-20-17-14-11-8-5-2)51-56(61)58-54(52-59)55(60)49-46-43-40-37-34-31-27-24-21-18-15-12-9-6-3/h30,33,36,39,53-55,59-60H,4-29,31-32,34-35,37-38,40-52H2,1-3H3,(H,58,61)/b33-30+,39-36+. The van der Waals surface area contributed by atoms with Gasteiger partial charge in [0, 0.05) is 6.42 Å². The maximum Gasteiger partial charge on any atom is 0.306 e. The molecule has 0 saturated heterocycles. The van der Waals surface area contributed by atoms with Crippen LogP contribution in [0.2, 0.25) is 0 Å². The summed E-state index contributed by atoms with van der Waals surface area (Å²) in [5.74, 6) is -0.503. The van der Waals surface area contributed by atoms with Crippen LogP contribution in [-0.2, 0) is 14.3 Å². The predicted octanol–water partition coefficient (Wildman–Crippen LogP) is 17.1. The van der Waals surface area contributed by atoms with Crippen LogP contribution >= 0.6 is 0 Å². The average Bonchev–Trinajstić information content (AvgIpc) is 3.28. The Morgan fingerprint density at radius 3 is 1.21 bits per heavy atom. The van der Waals surface area contributed by atoms with Crippen molar-refractivity contribution in [1.82, 2.24) is 5.32 Å². The fraction of sp³-hybridized carbons (Fsp3) is 0.895. The topological polar surface area (TPSA) is 95.9 Å². The number of rotatable bonds is 51. The minimum absolute atomic E-state index is 0.0504. The van der Waals surface area contributed by atoms with Gasteiger partial charge in [-0.1, -0.05) is 270 Å². The van der Waals surface area contributed by atoms with Crippen molar-refractivity contribution in [2.75, 3.05) is 6.61 Å². The number of allylic oxidation sites excluding steroid dienone is 4. The van der Waals surface area contributed by atoms with Gasteiger partial charge in [0.2, 0.25) is 5.91 Å². The highest BCUT2D eigenvalue weighted by Gasteiger charge is 2.24. The number of esters is 1. The minimum Gasteiger partial charge on any atom is -0.462 e. The molecule has 0 aliphatic rings. The van der Waals surface area contributed by atoms with E-state index in [4.69, 9.17) is 4.74 Å². The SMILES string of the molecule is CCCCCCCCC/C=C/C=C/CCCC(CC(=O)NC(CO)C(O)CCCCCCCCCCCCCCCC)OC(=O)CCCCCCCCCCCCCCCCCC. The molecule has 0 fully saturated rings. The number of aliphatic hydroxyl groups is 2. The lowest BCUT2D eigenvalue weighted by molar-refractivity contribution is -0.151. The molecule has 6 nitrogen and oxygen atoms in total. The van der Waals surface area contributed by atoms with Gasteiger partial charge in [0.25, 0.3) is 0 Å². The monoisotopic (exact) mass is 888 g/mol. The largest absolute Gasteiger partial charge is 0.462 e. The lowest BCUT2D eigenvalue weighted by Gasteiger charge is -2.24. The summed E-state index contributed by atoms with van der Waals surface area (Å²) in [6.45, 7) is 6.50. The summed E-state index contributed by atoms with van der Waals surface area (Å²) in [6, 6.07) is -0.711. The van der Waals surface area contributed by atoms with Crippen LogP contribution in [0.1, 0.15) is 303 Å². The van der Waals surface area contributed by atoms with Crippen molar-refractivity contribution in [3.8, 4) is 0 Å². The van der Waals surface area contributed by atoms with Crippen molar-refractivity contribution < 1.29 is 24.5 Å². The Morgan fingerprint density at radius 2 is 0.810 bits per heavy atom. The summed E-state index contributed by atoms with van der Waals surface area (Å²) >= 11 is 0.